The van der Waals surface area contributed by atoms with Gasteiger partial charge in [0.1, 0.15) is 6.10 Å². The van der Waals surface area contributed by atoms with Crippen molar-refractivity contribution in [2.75, 3.05) is 7.11 Å². The molecule has 1 fully saturated rings. The minimum atomic E-state index is -1.95. The SMILES string of the molecule is COC1CC(F)(Sc2ccccc2)OC(C)C1OC(=O)c1ccccc1. The Bertz CT molecular complexity index is 727. The molecule has 0 N–H and O–H groups in total. The van der Waals surface area contributed by atoms with Crippen LogP contribution in [0.2, 0.25) is 0 Å². The molecule has 4 unspecified atom stereocenters. The van der Waals surface area contributed by atoms with Crippen molar-refractivity contribution in [3.63, 3.8) is 0 Å². The lowest BCUT2D eigenvalue weighted by molar-refractivity contribution is -0.222. The van der Waals surface area contributed by atoms with Crippen molar-refractivity contribution >= 4 is 17.7 Å². The van der Waals surface area contributed by atoms with E-state index in [-0.39, 0.29) is 6.42 Å². The van der Waals surface area contributed by atoms with Crippen LogP contribution in [0.5, 0.6) is 0 Å². The Morgan fingerprint density at radius 2 is 1.77 bits per heavy atom. The third-order valence-corrected chi connectivity index (χ3v) is 5.28. The van der Waals surface area contributed by atoms with Crippen LogP contribution in [0.4, 0.5) is 4.39 Å². The number of methoxy groups -OCH3 is 1. The second-order valence-electron chi connectivity index (χ2n) is 6.11. The van der Waals surface area contributed by atoms with E-state index in [1.54, 1.807) is 31.2 Å². The molecule has 0 aromatic heterocycles. The minimum Gasteiger partial charge on any atom is -0.453 e. The highest BCUT2D eigenvalue weighted by Crippen LogP contribution is 2.44. The Balaban J connectivity index is 1.71. The molecule has 1 heterocycles. The second kappa shape index (κ2) is 8.20. The number of alkyl halides is 1. The van der Waals surface area contributed by atoms with E-state index < -0.39 is 29.5 Å². The molecule has 0 spiro atoms. The van der Waals surface area contributed by atoms with Gasteiger partial charge in [-0.1, -0.05) is 48.2 Å². The van der Waals surface area contributed by atoms with Crippen molar-refractivity contribution in [2.24, 2.45) is 0 Å². The number of esters is 1. The van der Waals surface area contributed by atoms with Crippen molar-refractivity contribution < 1.29 is 23.4 Å². The molecule has 6 heteroatoms. The van der Waals surface area contributed by atoms with Crippen LogP contribution in [-0.2, 0) is 14.2 Å². The van der Waals surface area contributed by atoms with Gasteiger partial charge in [-0.25, -0.2) is 4.79 Å². The van der Waals surface area contributed by atoms with Gasteiger partial charge in [0, 0.05) is 18.4 Å². The van der Waals surface area contributed by atoms with Crippen LogP contribution in [0.1, 0.15) is 23.7 Å². The first kappa shape index (κ1) is 18.9. The molecule has 3 rings (SSSR count). The standard InChI is InChI=1S/C20H21FO4S/c1-14-18(24-19(22)15-9-5-3-6-10-15)17(23-2)13-20(21,25-14)26-16-11-7-4-8-12-16/h3-12,14,17-18H,13H2,1-2H3. The van der Waals surface area contributed by atoms with Gasteiger partial charge in [0.25, 0.3) is 5.19 Å². The van der Waals surface area contributed by atoms with E-state index in [4.69, 9.17) is 14.2 Å². The normalized spacial score (nSPS) is 28.5. The predicted octanol–water partition coefficient (Wildman–Crippen LogP) is 4.45. The summed E-state index contributed by atoms with van der Waals surface area (Å²) < 4.78 is 31.9. The number of carbonyl (C=O) groups excluding carboxylic acids is 1. The number of halogens is 1. The van der Waals surface area contributed by atoms with E-state index in [0.29, 0.717) is 5.56 Å². The first-order valence-corrected chi connectivity index (χ1v) is 9.22. The fourth-order valence-corrected chi connectivity index (χ4v) is 4.03. The third kappa shape index (κ3) is 4.44. The summed E-state index contributed by atoms with van der Waals surface area (Å²) in [5, 5.41) is -1.95. The second-order valence-corrected chi connectivity index (χ2v) is 7.40. The number of thioether (sulfide) groups is 1. The highest BCUT2D eigenvalue weighted by molar-refractivity contribution is 8.00. The van der Waals surface area contributed by atoms with Gasteiger partial charge < -0.3 is 14.2 Å². The molecule has 0 radical (unpaired) electrons. The van der Waals surface area contributed by atoms with Gasteiger partial charge in [-0.2, -0.15) is 4.39 Å². The molecule has 4 nitrogen and oxygen atoms in total. The summed E-state index contributed by atoms with van der Waals surface area (Å²) in [6, 6.07) is 17.9. The molecule has 1 saturated heterocycles. The van der Waals surface area contributed by atoms with Crippen LogP contribution in [0.25, 0.3) is 0 Å². The van der Waals surface area contributed by atoms with Crippen LogP contribution >= 0.6 is 11.8 Å². The van der Waals surface area contributed by atoms with E-state index >= 15 is 4.39 Å². The number of hydrogen-bond donors (Lipinski definition) is 0. The van der Waals surface area contributed by atoms with Gasteiger partial charge in [-0.05, 0) is 31.2 Å². The van der Waals surface area contributed by atoms with Gasteiger partial charge in [-0.15, -0.1) is 0 Å². The quantitative estimate of drug-likeness (QED) is 0.722. The lowest BCUT2D eigenvalue weighted by Crippen LogP contribution is -2.52. The fourth-order valence-electron chi connectivity index (χ4n) is 2.94. The van der Waals surface area contributed by atoms with E-state index in [9.17, 15) is 4.79 Å². The molecule has 0 saturated carbocycles. The Morgan fingerprint density at radius 1 is 1.15 bits per heavy atom. The van der Waals surface area contributed by atoms with Crippen LogP contribution in [0.15, 0.2) is 65.6 Å². The Labute approximate surface area is 156 Å². The Hall–Kier alpha value is -1.89. The summed E-state index contributed by atoms with van der Waals surface area (Å²) in [5.74, 6) is -0.477. The van der Waals surface area contributed by atoms with Gasteiger partial charge in [0.15, 0.2) is 6.10 Å². The van der Waals surface area contributed by atoms with E-state index in [1.807, 2.05) is 36.4 Å². The highest BCUT2D eigenvalue weighted by Gasteiger charge is 2.49. The first-order chi connectivity index (χ1) is 12.5. The maximum Gasteiger partial charge on any atom is 0.338 e. The summed E-state index contributed by atoms with van der Waals surface area (Å²) in [5.41, 5.74) is 0.435. The smallest absolute Gasteiger partial charge is 0.338 e. The van der Waals surface area contributed by atoms with Crippen molar-refractivity contribution in [1.29, 1.82) is 0 Å². The Morgan fingerprint density at radius 3 is 2.38 bits per heavy atom. The number of benzene rings is 2. The molecule has 138 valence electrons. The lowest BCUT2D eigenvalue weighted by Gasteiger charge is -2.42. The van der Waals surface area contributed by atoms with Gasteiger partial charge >= 0.3 is 5.97 Å². The number of ether oxygens (including phenoxy) is 3. The van der Waals surface area contributed by atoms with Gasteiger partial charge in [-0.3, -0.25) is 0 Å². The molecule has 0 amide bonds. The monoisotopic (exact) mass is 376 g/mol. The third-order valence-electron chi connectivity index (χ3n) is 4.20. The van der Waals surface area contributed by atoms with Crippen LogP contribution in [-0.4, -0.2) is 36.6 Å². The molecule has 2 aromatic rings. The van der Waals surface area contributed by atoms with Crippen molar-refractivity contribution in [3.05, 3.63) is 66.2 Å². The molecule has 1 aliphatic heterocycles. The average Bonchev–Trinajstić information content (AvgIpc) is 2.65. The zero-order chi connectivity index (χ0) is 18.6. The first-order valence-electron chi connectivity index (χ1n) is 8.40. The van der Waals surface area contributed by atoms with Crippen LogP contribution in [0, 0.1) is 0 Å². The molecular formula is C20H21FO4S. The minimum absolute atomic E-state index is 0.0415. The highest BCUT2D eigenvalue weighted by atomic mass is 32.2. The number of rotatable bonds is 5. The van der Waals surface area contributed by atoms with Gasteiger partial charge in [0.05, 0.1) is 11.7 Å². The molecule has 1 aliphatic rings. The molecular weight excluding hydrogens is 355 g/mol. The maximum atomic E-state index is 15.3. The average molecular weight is 376 g/mol. The predicted molar refractivity (Wildman–Crippen MR) is 97.7 cm³/mol. The topological polar surface area (TPSA) is 44.8 Å². The van der Waals surface area contributed by atoms with Gasteiger partial charge in [0.2, 0.25) is 0 Å². The number of hydrogen-bond acceptors (Lipinski definition) is 5. The molecule has 26 heavy (non-hydrogen) atoms. The van der Waals surface area contributed by atoms with Crippen LogP contribution in [0.3, 0.4) is 0 Å². The lowest BCUT2D eigenvalue weighted by atomic mass is 10.0. The molecule has 0 aliphatic carbocycles. The Kier molecular flexibility index (Phi) is 5.96. The van der Waals surface area contributed by atoms with Crippen LogP contribution < -0.4 is 0 Å². The summed E-state index contributed by atoms with van der Waals surface area (Å²) >= 11 is 0.998. The van der Waals surface area contributed by atoms with Crippen molar-refractivity contribution in [1.82, 2.24) is 0 Å². The summed E-state index contributed by atoms with van der Waals surface area (Å²) in [4.78, 5) is 13.1. The summed E-state index contributed by atoms with van der Waals surface area (Å²) in [6.45, 7) is 1.69. The zero-order valence-corrected chi connectivity index (χ0v) is 15.4. The molecule has 0 bridgehead atoms. The van der Waals surface area contributed by atoms with E-state index in [2.05, 4.69) is 0 Å². The van der Waals surface area contributed by atoms with E-state index in [1.165, 1.54) is 7.11 Å². The zero-order valence-electron chi connectivity index (χ0n) is 14.6. The van der Waals surface area contributed by atoms with Crippen molar-refractivity contribution in [3.8, 4) is 0 Å². The summed E-state index contributed by atoms with van der Waals surface area (Å²) in [6.07, 6.45) is -1.98. The number of carbonyl (C=O) groups is 1. The summed E-state index contributed by atoms with van der Waals surface area (Å²) in [7, 11) is 1.49. The van der Waals surface area contributed by atoms with E-state index in [0.717, 1.165) is 16.7 Å². The fraction of sp³-hybridized carbons (Fsp3) is 0.350. The molecule has 2 aromatic carbocycles. The van der Waals surface area contributed by atoms with Crippen molar-refractivity contribution in [2.45, 2.75) is 41.7 Å². The largest absolute Gasteiger partial charge is 0.453 e. The molecule has 4 atom stereocenters. The maximum absolute atomic E-state index is 15.3.